The molecule has 0 saturated heterocycles. The summed E-state index contributed by atoms with van der Waals surface area (Å²) in [5.41, 5.74) is 0.727. The number of nitrogens with zero attached hydrogens (tertiary/aromatic N) is 1. The molecule has 1 rings (SSSR count). The summed E-state index contributed by atoms with van der Waals surface area (Å²) in [7, 11) is 3.03. The van der Waals surface area contributed by atoms with E-state index in [1.807, 2.05) is 13.8 Å². The molecule has 4 nitrogen and oxygen atoms in total. The Morgan fingerprint density at radius 3 is 2.73 bits per heavy atom. The van der Waals surface area contributed by atoms with Crippen LogP contribution >= 0.6 is 11.3 Å². The first-order chi connectivity index (χ1) is 7.08. The molecule has 0 bridgehead atoms. The average molecular weight is 229 g/mol. The molecular weight excluding hydrogens is 214 g/mol. The van der Waals surface area contributed by atoms with Gasteiger partial charge in [-0.3, -0.25) is 0 Å². The van der Waals surface area contributed by atoms with Gasteiger partial charge in [0.1, 0.15) is 4.88 Å². The maximum atomic E-state index is 11.3. The number of ether oxygens (including phenoxy) is 2. The minimum atomic E-state index is -0.318. The Labute approximate surface area is 93.2 Å². The fraction of sp³-hybridized carbons (Fsp3) is 0.600. The molecule has 15 heavy (non-hydrogen) atoms. The number of thiazole rings is 1. The van der Waals surface area contributed by atoms with Crippen LogP contribution in [-0.2, 0) is 15.9 Å². The molecule has 1 heterocycles. The van der Waals surface area contributed by atoms with Gasteiger partial charge < -0.3 is 9.47 Å². The molecule has 1 unspecified atom stereocenters. The second-order valence-corrected chi connectivity index (χ2v) is 4.35. The van der Waals surface area contributed by atoms with Gasteiger partial charge in [0.05, 0.1) is 23.9 Å². The molecule has 0 saturated carbocycles. The topological polar surface area (TPSA) is 48.4 Å². The largest absolute Gasteiger partial charge is 0.465 e. The maximum Gasteiger partial charge on any atom is 0.349 e. The molecule has 84 valence electrons. The quantitative estimate of drug-likeness (QED) is 0.739. The lowest BCUT2D eigenvalue weighted by Crippen LogP contribution is -2.07. The van der Waals surface area contributed by atoms with Gasteiger partial charge in [0.15, 0.2) is 0 Å². The predicted octanol–water partition coefficient (Wildman–Crippen LogP) is 1.82. The van der Waals surface area contributed by atoms with E-state index in [0.717, 1.165) is 17.1 Å². The van der Waals surface area contributed by atoms with Gasteiger partial charge in [-0.15, -0.1) is 11.3 Å². The second kappa shape index (κ2) is 5.23. The molecule has 0 aliphatic rings. The highest BCUT2D eigenvalue weighted by atomic mass is 32.1. The molecule has 0 radical (unpaired) electrons. The summed E-state index contributed by atoms with van der Waals surface area (Å²) in [5.74, 6) is -0.318. The zero-order chi connectivity index (χ0) is 11.4. The van der Waals surface area contributed by atoms with Crippen LogP contribution in [0.5, 0.6) is 0 Å². The van der Waals surface area contributed by atoms with Crippen molar-refractivity contribution in [1.82, 2.24) is 4.98 Å². The molecule has 0 spiro atoms. The number of carbonyl (C=O) groups is 1. The van der Waals surface area contributed by atoms with Gasteiger partial charge in [-0.1, -0.05) is 0 Å². The highest BCUT2D eigenvalue weighted by Gasteiger charge is 2.16. The molecule has 0 aliphatic carbocycles. The summed E-state index contributed by atoms with van der Waals surface area (Å²) in [4.78, 5) is 16.2. The molecule has 0 N–H and O–H groups in total. The van der Waals surface area contributed by atoms with Gasteiger partial charge in [-0.2, -0.15) is 0 Å². The Morgan fingerprint density at radius 2 is 2.20 bits per heavy atom. The smallest absolute Gasteiger partial charge is 0.349 e. The Morgan fingerprint density at radius 1 is 1.53 bits per heavy atom. The zero-order valence-corrected chi connectivity index (χ0v) is 10.2. The summed E-state index contributed by atoms with van der Waals surface area (Å²) in [6.45, 7) is 3.78. The first-order valence-electron chi connectivity index (χ1n) is 4.66. The van der Waals surface area contributed by atoms with Crippen LogP contribution in [0.4, 0.5) is 0 Å². The molecular formula is C10H15NO3S. The van der Waals surface area contributed by atoms with E-state index in [1.165, 1.54) is 18.4 Å². The van der Waals surface area contributed by atoms with Crippen LogP contribution in [0.2, 0.25) is 0 Å². The SMILES string of the molecule is COC(=O)c1sc(CC(C)OC)nc1C. The first kappa shape index (κ1) is 12.1. The highest BCUT2D eigenvalue weighted by Crippen LogP contribution is 2.20. The van der Waals surface area contributed by atoms with Crippen molar-refractivity contribution in [3.8, 4) is 0 Å². The Bertz CT molecular complexity index is 348. The molecule has 1 aromatic heterocycles. The number of aryl methyl sites for hydroxylation is 1. The summed E-state index contributed by atoms with van der Waals surface area (Å²) in [6.07, 6.45) is 0.833. The number of hydrogen-bond acceptors (Lipinski definition) is 5. The van der Waals surface area contributed by atoms with Crippen LogP contribution in [0.1, 0.15) is 27.3 Å². The number of methoxy groups -OCH3 is 2. The molecule has 5 heteroatoms. The summed E-state index contributed by atoms with van der Waals surface area (Å²) in [5, 5.41) is 0.905. The van der Waals surface area contributed by atoms with Crippen molar-refractivity contribution in [1.29, 1.82) is 0 Å². The van der Waals surface area contributed by atoms with Crippen molar-refractivity contribution in [2.75, 3.05) is 14.2 Å². The Hall–Kier alpha value is -0.940. The maximum absolute atomic E-state index is 11.3. The van der Waals surface area contributed by atoms with Gasteiger partial charge in [-0.05, 0) is 13.8 Å². The number of aromatic nitrogens is 1. The lowest BCUT2D eigenvalue weighted by Gasteiger charge is -2.05. The third-order valence-corrected chi connectivity index (χ3v) is 3.24. The lowest BCUT2D eigenvalue weighted by atomic mass is 10.3. The summed E-state index contributed by atoms with van der Waals surface area (Å²) >= 11 is 1.37. The van der Waals surface area contributed by atoms with Crippen LogP contribution in [0, 0.1) is 6.92 Å². The minimum Gasteiger partial charge on any atom is -0.465 e. The van der Waals surface area contributed by atoms with E-state index in [4.69, 9.17) is 4.74 Å². The van der Waals surface area contributed by atoms with E-state index in [2.05, 4.69) is 9.72 Å². The molecule has 1 aromatic rings. The monoisotopic (exact) mass is 229 g/mol. The van der Waals surface area contributed by atoms with E-state index in [-0.39, 0.29) is 12.1 Å². The molecule has 0 amide bonds. The van der Waals surface area contributed by atoms with Crippen LogP contribution in [0.3, 0.4) is 0 Å². The third-order valence-electron chi connectivity index (χ3n) is 2.08. The van der Waals surface area contributed by atoms with Crippen molar-refractivity contribution in [2.45, 2.75) is 26.4 Å². The summed E-state index contributed by atoms with van der Waals surface area (Å²) < 4.78 is 9.80. The molecule has 1 atom stereocenters. The van der Waals surface area contributed by atoms with E-state index in [0.29, 0.717) is 4.88 Å². The van der Waals surface area contributed by atoms with Gasteiger partial charge in [-0.25, -0.2) is 9.78 Å². The minimum absolute atomic E-state index is 0.112. The van der Waals surface area contributed by atoms with Crippen molar-refractivity contribution in [3.05, 3.63) is 15.6 Å². The number of carbonyl (C=O) groups excluding carboxylic acids is 1. The van der Waals surface area contributed by atoms with Crippen molar-refractivity contribution in [3.63, 3.8) is 0 Å². The standard InChI is InChI=1S/C10H15NO3S/c1-6(13-3)5-8-11-7(2)9(15-8)10(12)14-4/h6H,5H2,1-4H3. The second-order valence-electron chi connectivity index (χ2n) is 3.26. The molecule has 0 aliphatic heterocycles. The lowest BCUT2D eigenvalue weighted by molar-refractivity contribution is 0.0605. The normalized spacial score (nSPS) is 12.5. The van der Waals surface area contributed by atoms with Crippen molar-refractivity contribution in [2.24, 2.45) is 0 Å². The van der Waals surface area contributed by atoms with Crippen molar-refractivity contribution < 1.29 is 14.3 Å². The predicted molar refractivity (Wildman–Crippen MR) is 58.4 cm³/mol. The fourth-order valence-electron chi connectivity index (χ4n) is 1.15. The van der Waals surface area contributed by atoms with E-state index in [1.54, 1.807) is 7.11 Å². The third kappa shape index (κ3) is 3.00. The average Bonchev–Trinajstić information content (AvgIpc) is 2.58. The van der Waals surface area contributed by atoms with Crippen molar-refractivity contribution >= 4 is 17.3 Å². The van der Waals surface area contributed by atoms with Gasteiger partial charge in [0.2, 0.25) is 0 Å². The van der Waals surface area contributed by atoms with Crippen LogP contribution in [0.15, 0.2) is 0 Å². The van der Waals surface area contributed by atoms with E-state index >= 15 is 0 Å². The highest BCUT2D eigenvalue weighted by molar-refractivity contribution is 7.13. The number of esters is 1. The van der Waals surface area contributed by atoms with Gasteiger partial charge >= 0.3 is 5.97 Å². The number of hydrogen-bond donors (Lipinski definition) is 0. The van der Waals surface area contributed by atoms with E-state index in [9.17, 15) is 4.79 Å². The summed E-state index contributed by atoms with van der Waals surface area (Å²) in [6, 6.07) is 0. The number of rotatable bonds is 4. The van der Waals surface area contributed by atoms with Gasteiger partial charge in [0, 0.05) is 13.5 Å². The fourth-order valence-corrected chi connectivity index (χ4v) is 2.25. The van der Waals surface area contributed by atoms with Crippen LogP contribution in [0.25, 0.3) is 0 Å². The Balaban J connectivity index is 2.81. The Kier molecular flexibility index (Phi) is 4.23. The first-order valence-corrected chi connectivity index (χ1v) is 5.47. The van der Waals surface area contributed by atoms with Crippen LogP contribution < -0.4 is 0 Å². The zero-order valence-electron chi connectivity index (χ0n) is 9.36. The van der Waals surface area contributed by atoms with E-state index < -0.39 is 0 Å². The molecule has 0 aromatic carbocycles. The van der Waals surface area contributed by atoms with Crippen LogP contribution in [-0.4, -0.2) is 31.3 Å². The molecule has 0 fully saturated rings. The van der Waals surface area contributed by atoms with Gasteiger partial charge in [0.25, 0.3) is 0 Å².